The van der Waals surface area contributed by atoms with E-state index in [0.717, 1.165) is 76.9 Å². The number of carbonyl (C=O) groups is 2. The summed E-state index contributed by atoms with van der Waals surface area (Å²) in [5, 5.41) is 3.34. The van der Waals surface area contributed by atoms with Gasteiger partial charge in [0.15, 0.2) is 6.17 Å². The molecule has 0 aromatic carbocycles. The normalized spacial score (nSPS) is 38.2. The van der Waals surface area contributed by atoms with Gasteiger partial charge in [-0.25, -0.2) is 4.39 Å². The minimum absolute atomic E-state index is 0.0472. The molecule has 5 heterocycles. The number of carbonyl (C=O) groups excluding carboxylic acids is 2. The van der Waals surface area contributed by atoms with E-state index in [0.29, 0.717) is 18.3 Å². The first kappa shape index (κ1) is 28.6. The van der Waals surface area contributed by atoms with Crippen molar-refractivity contribution < 1.29 is 14.0 Å². The second-order valence-corrected chi connectivity index (χ2v) is 13.1. The molecule has 218 valence electrons. The number of likely N-dealkylation sites (N-methyl/N-ethyl adjacent to an activating group) is 1. The summed E-state index contributed by atoms with van der Waals surface area (Å²) in [4.78, 5) is 37.1. The number of hydrogen-bond donors (Lipinski definition) is 3. The molecule has 3 saturated heterocycles. The standard InChI is InChI=1S/C29H48FN7O2/c1-18-20-12-21(18)14-23(33-15-22(30)13-20)26(27(31)32)28(39)34-24-16-35(3)8-4-25(24)36-9-5-29(6-10-36)7-11-37(17-29)19(2)38/h13,15,18,21-27H,4-12,14,16-17,31-32H2,1-3H3,(H,34,39)/b20-13-,33-15-. The van der Waals surface area contributed by atoms with Gasteiger partial charge in [-0.15, -0.1) is 0 Å². The average Bonchev–Trinajstić information content (AvgIpc) is 3.34. The molecule has 5 N–H and O–H groups in total. The lowest BCUT2D eigenvalue weighted by atomic mass is 9.66. The van der Waals surface area contributed by atoms with Crippen LogP contribution < -0.4 is 16.8 Å². The Kier molecular flexibility index (Phi) is 8.48. The monoisotopic (exact) mass is 545 g/mol. The van der Waals surface area contributed by atoms with Gasteiger partial charge in [-0.1, -0.05) is 12.5 Å². The molecule has 2 amide bonds. The molecule has 10 heteroatoms. The third-order valence-corrected chi connectivity index (χ3v) is 10.6. The molecule has 1 spiro atoms. The highest BCUT2D eigenvalue weighted by atomic mass is 19.1. The molecular weight excluding hydrogens is 497 g/mol. The summed E-state index contributed by atoms with van der Waals surface area (Å²) in [5.41, 5.74) is 13.8. The van der Waals surface area contributed by atoms with Crippen molar-refractivity contribution in [3.63, 3.8) is 0 Å². The molecule has 39 heavy (non-hydrogen) atoms. The minimum Gasteiger partial charge on any atom is -0.350 e. The maximum Gasteiger partial charge on any atom is 0.228 e. The number of rotatable bonds is 5. The Morgan fingerprint density at radius 1 is 1.18 bits per heavy atom. The van der Waals surface area contributed by atoms with Gasteiger partial charge in [0, 0.05) is 38.8 Å². The number of amides is 2. The van der Waals surface area contributed by atoms with Crippen LogP contribution in [0, 0.1) is 23.2 Å². The molecule has 9 nitrogen and oxygen atoms in total. The van der Waals surface area contributed by atoms with Crippen LogP contribution in [0.1, 0.15) is 52.4 Å². The molecule has 7 atom stereocenters. The number of likely N-dealkylation sites (tertiary alicyclic amines) is 3. The molecular formula is C29H48FN7O2. The summed E-state index contributed by atoms with van der Waals surface area (Å²) in [6, 6.07) is -0.251. The van der Waals surface area contributed by atoms with E-state index in [-0.39, 0.29) is 29.3 Å². The smallest absolute Gasteiger partial charge is 0.228 e. The zero-order chi connectivity index (χ0) is 27.9. The summed E-state index contributed by atoms with van der Waals surface area (Å²) >= 11 is 0. The van der Waals surface area contributed by atoms with E-state index in [1.807, 2.05) is 4.90 Å². The highest BCUT2D eigenvalue weighted by molar-refractivity contribution is 5.81. The lowest BCUT2D eigenvalue weighted by Gasteiger charge is -2.48. The number of aliphatic imine (C=N–C) groups is 1. The predicted molar refractivity (Wildman–Crippen MR) is 151 cm³/mol. The third-order valence-electron chi connectivity index (χ3n) is 10.6. The first-order valence-electron chi connectivity index (χ1n) is 14.9. The summed E-state index contributed by atoms with van der Waals surface area (Å²) < 4.78 is 14.5. The van der Waals surface area contributed by atoms with Crippen LogP contribution >= 0.6 is 0 Å². The van der Waals surface area contributed by atoms with Crippen molar-refractivity contribution in [2.45, 2.75) is 82.8 Å². The highest BCUT2D eigenvalue weighted by Crippen LogP contribution is 2.45. The molecule has 0 aromatic rings. The molecule has 0 aromatic heterocycles. The molecule has 5 aliphatic heterocycles. The van der Waals surface area contributed by atoms with Gasteiger partial charge < -0.3 is 26.6 Å². The zero-order valence-electron chi connectivity index (χ0n) is 23.9. The lowest BCUT2D eigenvalue weighted by Crippen LogP contribution is -2.64. The van der Waals surface area contributed by atoms with Gasteiger partial charge in [-0.05, 0) is 88.5 Å². The van der Waals surface area contributed by atoms with E-state index in [4.69, 9.17) is 11.5 Å². The fourth-order valence-electron chi connectivity index (χ4n) is 7.87. The van der Waals surface area contributed by atoms with Crippen molar-refractivity contribution >= 4 is 18.0 Å². The van der Waals surface area contributed by atoms with E-state index >= 15 is 0 Å². The molecule has 6 rings (SSSR count). The zero-order valence-corrected chi connectivity index (χ0v) is 23.9. The quantitative estimate of drug-likeness (QED) is 0.352. The van der Waals surface area contributed by atoms with Crippen LogP contribution in [0.25, 0.3) is 0 Å². The van der Waals surface area contributed by atoms with Crippen molar-refractivity contribution in [2.75, 3.05) is 46.3 Å². The van der Waals surface area contributed by atoms with E-state index in [9.17, 15) is 14.0 Å². The Labute approximate surface area is 232 Å². The van der Waals surface area contributed by atoms with Gasteiger partial charge in [0.25, 0.3) is 0 Å². The van der Waals surface area contributed by atoms with Gasteiger partial charge in [0.2, 0.25) is 11.8 Å². The second-order valence-electron chi connectivity index (χ2n) is 13.1. The number of nitrogens with one attached hydrogen (secondary N) is 1. The summed E-state index contributed by atoms with van der Waals surface area (Å²) in [6.45, 7) is 9.23. The van der Waals surface area contributed by atoms with Crippen molar-refractivity contribution in [1.29, 1.82) is 0 Å². The topological polar surface area (TPSA) is 120 Å². The number of nitrogens with two attached hydrogens (primary N) is 2. The van der Waals surface area contributed by atoms with E-state index in [1.54, 1.807) is 13.0 Å². The maximum atomic E-state index is 14.5. The van der Waals surface area contributed by atoms with E-state index < -0.39 is 24.3 Å². The van der Waals surface area contributed by atoms with Crippen molar-refractivity contribution in [3.8, 4) is 0 Å². The lowest BCUT2D eigenvalue weighted by molar-refractivity contribution is -0.128. The van der Waals surface area contributed by atoms with Gasteiger partial charge in [0.1, 0.15) is 0 Å². The van der Waals surface area contributed by atoms with Gasteiger partial charge in [0.05, 0.1) is 24.2 Å². The number of hydrogen-bond acceptors (Lipinski definition) is 7. The Bertz CT molecular complexity index is 979. The number of allylic oxidation sites excluding steroid dienone is 2. The Hall–Kier alpha value is -1.88. The molecule has 1 aliphatic carbocycles. The fourth-order valence-corrected chi connectivity index (χ4v) is 7.87. The molecule has 2 bridgehead atoms. The predicted octanol–water partition coefficient (Wildman–Crippen LogP) is 1.13. The largest absolute Gasteiger partial charge is 0.350 e. The van der Waals surface area contributed by atoms with Crippen LogP contribution in [0.4, 0.5) is 4.39 Å². The van der Waals surface area contributed by atoms with Crippen molar-refractivity contribution in [1.82, 2.24) is 20.0 Å². The van der Waals surface area contributed by atoms with Crippen molar-refractivity contribution in [3.05, 3.63) is 11.6 Å². The highest BCUT2D eigenvalue weighted by Gasteiger charge is 2.45. The minimum atomic E-state index is -1.25. The van der Waals surface area contributed by atoms with Gasteiger partial charge in [-0.3, -0.25) is 19.5 Å². The number of alkyl halides is 1. The summed E-state index contributed by atoms with van der Waals surface area (Å²) in [7, 11) is 2.09. The third kappa shape index (κ3) is 6.09. The molecule has 7 unspecified atom stereocenters. The Morgan fingerprint density at radius 3 is 2.54 bits per heavy atom. The van der Waals surface area contributed by atoms with Crippen LogP contribution in [0.3, 0.4) is 0 Å². The molecule has 6 aliphatic rings. The summed E-state index contributed by atoms with van der Waals surface area (Å²) in [5.74, 6) is -0.0485. The van der Waals surface area contributed by atoms with Gasteiger partial charge >= 0.3 is 0 Å². The number of halogens is 1. The first-order chi connectivity index (χ1) is 18.5. The van der Waals surface area contributed by atoms with E-state index in [2.05, 4.69) is 34.1 Å². The molecule has 1 saturated carbocycles. The van der Waals surface area contributed by atoms with Crippen molar-refractivity contribution in [2.24, 2.45) is 39.6 Å². The number of piperidine rings is 2. The number of fused-ring (bicyclic) bond motifs is 4. The van der Waals surface area contributed by atoms with Gasteiger partial charge in [-0.2, -0.15) is 0 Å². The van der Waals surface area contributed by atoms with Crippen LogP contribution in [0.5, 0.6) is 0 Å². The number of nitrogens with zero attached hydrogens (tertiary/aromatic N) is 4. The Balaban J connectivity index is 1.26. The fraction of sp³-hybridized carbons (Fsp3) is 0.828. The molecule has 4 fully saturated rings. The maximum absolute atomic E-state index is 14.5. The van der Waals surface area contributed by atoms with Crippen LogP contribution in [0.2, 0.25) is 0 Å². The molecule has 0 radical (unpaired) electrons. The van der Waals surface area contributed by atoms with E-state index in [1.165, 1.54) is 6.21 Å². The van der Waals surface area contributed by atoms with Crippen LogP contribution in [-0.2, 0) is 9.59 Å². The SMILES string of the molecule is CC(=O)N1CCC2(CCN(C3CCN(C)CC3NC(=O)C(C(N)N)C3CC4C/C(=C/C(F)/C=N\3)C4C)CC2)C1. The first-order valence-corrected chi connectivity index (χ1v) is 14.9. The average molecular weight is 546 g/mol. The summed E-state index contributed by atoms with van der Waals surface area (Å²) in [6.07, 6.45) is 6.63. The second kappa shape index (κ2) is 11.5. The van der Waals surface area contributed by atoms with Crippen LogP contribution in [0.15, 0.2) is 16.6 Å². The van der Waals surface area contributed by atoms with Crippen LogP contribution in [-0.4, -0.2) is 110 Å². The Morgan fingerprint density at radius 2 is 1.90 bits per heavy atom.